The quantitative estimate of drug-likeness (QED) is 0.888. The average Bonchev–Trinajstić information content (AvgIpc) is 2.27. The van der Waals surface area contributed by atoms with Gasteiger partial charge in [-0.3, -0.25) is 0 Å². The van der Waals surface area contributed by atoms with Crippen molar-refractivity contribution in [3.63, 3.8) is 0 Å². The van der Waals surface area contributed by atoms with Gasteiger partial charge in [0.25, 0.3) is 0 Å². The molecule has 82 valence electrons. The minimum Gasteiger partial charge on any atom is -0.437 e. The molecule has 0 bridgehead atoms. The van der Waals surface area contributed by atoms with Crippen molar-refractivity contribution >= 4 is 28.9 Å². The number of halogens is 2. The molecule has 16 heavy (non-hydrogen) atoms. The second-order valence-electron chi connectivity index (χ2n) is 3.11. The fraction of sp³-hybridized carbons (Fsp3) is 0. The van der Waals surface area contributed by atoms with E-state index in [-0.39, 0.29) is 0 Å². The highest BCUT2D eigenvalue weighted by Gasteiger charge is 2.04. The lowest BCUT2D eigenvalue weighted by molar-refractivity contribution is 0.463. The maximum absolute atomic E-state index is 5.94. The summed E-state index contributed by atoms with van der Waals surface area (Å²) in [7, 11) is 0. The monoisotopic (exact) mass is 254 g/mol. The number of pyridine rings is 1. The molecular formula is C11H8Cl2N2O. The molecule has 1 aromatic carbocycles. The molecule has 0 saturated carbocycles. The first-order chi connectivity index (χ1) is 7.65. The summed E-state index contributed by atoms with van der Waals surface area (Å²) in [6.45, 7) is 0. The van der Waals surface area contributed by atoms with Crippen LogP contribution < -0.4 is 10.5 Å². The minimum atomic E-state index is 0.415. The highest BCUT2D eigenvalue weighted by atomic mass is 35.5. The third kappa shape index (κ3) is 2.56. The van der Waals surface area contributed by atoms with E-state index in [1.54, 1.807) is 30.3 Å². The van der Waals surface area contributed by atoms with Crippen LogP contribution in [0.15, 0.2) is 36.5 Å². The van der Waals surface area contributed by atoms with Gasteiger partial charge in [-0.25, -0.2) is 4.98 Å². The lowest BCUT2D eigenvalue weighted by atomic mass is 10.3. The number of anilines is 1. The maximum Gasteiger partial charge on any atom is 0.219 e. The molecule has 0 amide bonds. The Hall–Kier alpha value is -1.45. The van der Waals surface area contributed by atoms with Crippen molar-refractivity contribution in [2.45, 2.75) is 0 Å². The van der Waals surface area contributed by atoms with Gasteiger partial charge in [-0.1, -0.05) is 23.2 Å². The van der Waals surface area contributed by atoms with Gasteiger partial charge in [0.05, 0.1) is 16.9 Å². The van der Waals surface area contributed by atoms with Gasteiger partial charge in [-0.2, -0.15) is 0 Å². The molecule has 0 saturated heterocycles. The van der Waals surface area contributed by atoms with Crippen molar-refractivity contribution in [2.24, 2.45) is 0 Å². The van der Waals surface area contributed by atoms with E-state index in [2.05, 4.69) is 4.98 Å². The van der Waals surface area contributed by atoms with Crippen molar-refractivity contribution < 1.29 is 4.74 Å². The van der Waals surface area contributed by atoms with Crippen LogP contribution in [0.5, 0.6) is 11.6 Å². The molecule has 0 fully saturated rings. The zero-order chi connectivity index (χ0) is 11.5. The lowest BCUT2D eigenvalue weighted by Gasteiger charge is -2.06. The van der Waals surface area contributed by atoms with Crippen LogP contribution in [0.25, 0.3) is 0 Å². The molecule has 0 aliphatic rings. The number of nitrogens with zero attached hydrogens (tertiary/aromatic N) is 1. The Bertz CT molecular complexity index is 500. The average molecular weight is 255 g/mol. The predicted octanol–water partition coefficient (Wildman–Crippen LogP) is 3.76. The van der Waals surface area contributed by atoms with Gasteiger partial charge in [0.1, 0.15) is 5.75 Å². The zero-order valence-electron chi connectivity index (χ0n) is 8.15. The van der Waals surface area contributed by atoms with Crippen LogP contribution in [0, 0.1) is 0 Å². The Balaban J connectivity index is 2.26. The van der Waals surface area contributed by atoms with Crippen molar-refractivity contribution in [3.05, 3.63) is 46.6 Å². The summed E-state index contributed by atoms with van der Waals surface area (Å²) in [6, 6.07) is 8.33. The molecule has 0 radical (unpaired) electrons. The third-order valence-electron chi connectivity index (χ3n) is 1.87. The summed E-state index contributed by atoms with van der Waals surface area (Å²) < 4.78 is 5.46. The summed E-state index contributed by atoms with van der Waals surface area (Å²) in [5.41, 5.74) is 6.08. The molecule has 1 heterocycles. The van der Waals surface area contributed by atoms with E-state index in [0.29, 0.717) is 27.4 Å². The van der Waals surface area contributed by atoms with Gasteiger partial charge in [-0.15, -0.1) is 0 Å². The Kier molecular flexibility index (Phi) is 3.17. The molecule has 0 aliphatic heterocycles. The van der Waals surface area contributed by atoms with E-state index in [1.165, 1.54) is 6.20 Å². The van der Waals surface area contributed by atoms with Crippen LogP contribution >= 0.6 is 23.2 Å². The maximum atomic E-state index is 5.94. The van der Waals surface area contributed by atoms with Crippen molar-refractivity contribution in [1.82, 2.24) is 4.98 Å². The normalized spacial score (nSPS) is 10.1. The number of nitrogens with two attached hydrogens (primary N) is 1. The molecule has 0 aliphatic carbocycles. The smallest absolute Gasteiger partial charge is 0.219 e. The molecule has 2 aromatic rings. The van der Waals surface area contributed by atoms with Gasteiger partial charge < -0.3 is 10.5 Å². The van der Waals surface area contributed by atoms with Crippen LogP contribution in [0.3, 0.4) is 0 Å². The molecule has 3 nitrogen and oxygen atoms in total. The molecule has 1 aromatic heterocycles. The highest BCUT2D eigenvalue weighted by molar-refractivity contribution is 6.34. The Morgan fingerprint density at radius 3 is 2.62 bits per heavy atom. The summed E-state index contributed by atoms with van der Waals surface area (Å²) in [5.74, 6) is 0.879. The number of rotatable bonds is 2. The predicted molar refractivity (Wildman–Crippen MR) is 65.2 cm³/mol. The standard InChI is InChI=1S/C11H8Cl2N2O/c12-7-1-3-9(13)10(5-7)16-11-4-2-8(14)6-15-11/h1-6H,14H2. The van der Waals surface area contributed by atoms with E-state index in [4.69, 9.17) is 33.7 Å². The zero-order valence-corrected chi connectivity index (χ0v) is 9.66. The molecule has 2 N–H and O–H groups in total. The van der Waals surface area contributed by atoms with Crippen molar-refractivity contribution in [1.29, 1.82) is 0 Å². The number of hydrogen-bond acceptors (Lipinski definition) is 3. The lowest BCUT2D eigenvalue weighted by Crippen LogP contribution is -1.90. The molecule has 0 spiro atoms. The van der Waals surface area contributed by atoms with Gasteiger partial charge in [0.2, 0.25) is 5.88 Å². The fourth-order valence-corrected chi connectivity index (χ4v) is 1.44. The molecule has 5 heteroatoms. The Labute approximate surface area is 103 Å². The summed E-state index contributed by atoms with van der Waals surface area (Å²) in [5, 5.41) is 1.03. The van der Waals surface area contributed by atoms with E-state index in [0.717, 1.165) is 0 Å². The highest BCUT2D eigenvalue weighted by Crippen LogP contribution is 2.31. The second-order valence-corrected chi connectivity index (χ2v) is 3.95. The van der Waals surface area contributed by atoms with E-state index in [9.17, 15) is 0 Å². The van der Waals surface area contributed by atoms with Gasteiger partial charge in [0, 0.05) is 17.2 Å². The first-order valence-electron chi connectivity index (χ1n) is 4.49. The molecule has 2 rings (SSSR count). The van der Waals surface area contributed by atoms with Gasteiger partial charge in [0.15, 0.2) is 0 Å². The number of benzene rings is 1. The molecular weight excluding hydrogens is 247 g/mol. The van der Waals surface area contributed by atoms with Crippen molar-refractivity contribution in [2.75, 3.05) is 5.73 Å². The largest absolute Gasteiger partial charge is 0.437 e. The summed E-state index contributed by atoms with van der Waals surface area (Å²) in [4.78, 5) is 4.00. The number of ether oxygens (including phenoxy) is 1. The summed E-state index contributed by atoms with van der Waals surface area (Å²) >= 11 is 11.8. The van der Waals surface area contributed by atoms with Crippen LogP contribution in [0.2, 0.25) is 10.0 Å². The first kappa shape index (κ1) is 11.0. The minimum absolute atomic E-state index is 0.415. The fourth-order valence-electron chi connectivity index (χ4n) is 1.12. The summed E-state index contributed by atoms with van der Waals surface area (Å²) in [6.07, 6.45) is 1.51. The van der Waals surface area contributed by atoms with Crippen LogP contribution in [-0.2, 0) is 0 Å². The second kappa shape index (κ2) is 4.60. The molecule has 0 unspecified atom stereocenters. The van der Waals surface area contributed by atoms with Gasteiger partial charge in [-0.05, 0) is 18.2 Å². The van der Waals surface area contributed by atoms with E-state index < -0.39 is 0 Å². The SMILES string of the molecule is Nc1ccc(Oc2cc(Cl)ccc2Cl)nc1. The van der Waals surface area contributed by atoms with Gasteiger partial charge >= 0.3 is 0 Å². The number of aromatic nitrogens is 1. The molecule has 0 atom stereocenters. The topological polar surface area (TPSA) is 48.1 Å². The number of nitrogen functional groups attached to an aromatic ring is 1. The van der Waals surface area contributed by atoms with Crippen molar-refractivity contribution in [3.8, 4) is 11.6 Å². The van der Waals surface area contributed by atoms with Crippen LogP contribution in [-0.4, -0.2) is 4.98 Å². The Morgan fingerprint density at radius 1 is 1.12 bits per heavy atom. The van der Waals surface area contributed by atoms with Crippen LogP contribution in [0.1, 0.15) is 0 Å². The third-order valence-corrected chi connectivity index (χ3v) is 2.41. The van der Waals surface area contributed by atoms with Crippen LogP contribution in [0.4, 0.5) is 5.69 Å². The van der Waals surface area contributed by atoms with E-state index in [1.807, 2.05) is 0 Å². The first-order valence-corrected chi connectivity index (χ1v) is 5.25. The Morgan fingerprint density at radius 2 is 1.94 bits per heavy atom. The number of hydrogen-bond donors (Lipinski definition) is 1. The van der Waals surface area contributed by atoms with E-state index >= 15 is 0 Å².